The average molecular weight is 294 g/mol. The zero-order valence-corrected chi connectivity index (χ0v) is 11.3. The lowest BCUT2D eigenvalue weighted by molar-refractivity contribution is -0.128. The Hall–Kier alpha value is -2.61. The first-order valence-electron chi connectivity index (χ1n) is 6.26. The van der Waals surface area contributed by atoms with Gasteiger partial charge in [0.25, 0.3) is 0 Å². The summed E-state index contributed by atoms with van der Waals surface area (Å²) >= 11 is 0. The van der Waals surface area contributed by atoms with Crippen molar-refractivity contribution in [1.82, 2.24) is 10.6 Å². The molecule has 0 heterocycles. The molecule has 0 unspecified atom stereocenters. The number of hydrogen-bond acceptors (Lipinski definition) is 4. The van der Waals surface area contributed by atoms with Crippen LogP contribution in [0.4, 0.5) is 4.79 Å². The second-order valence-corrected chi connectivity index (χ2v) is 4.45. The van der Waals surface area contributed by atoms with Crippen LogP contribution in [0, 0.1) is 0 Å². The SMILES string of the molecule is NC(=O)[C@H](Cc1ccccc1)NC(=O)[C@@H](N)CNC(=O)O. The van der Waals surface area contributed by atoms with E-state index >= 15 is 0 Å². The van der Waals surface area contributed by atoms with E-state index in [1.165, 1.54) is 0 Å². The van der Waals surface area contributed by atoms with Crippen LogP contribution in [0.5, 0.6) is 0 Å². The summed E-state index contributed by atoms with van der Waals surface area (Å²) in [7, 11) is 0. The second-order valence-electron chi connectivity index (χ2n) is 4.45. The van der Waals surface area contributed by atoms with Crippen molar-refractivity contribution in [3.63, 3.8) is 0 Å². The number of amides is 3. The first-order valence-corrected chi connectivity index (χ1v) is 6.26. The maximum atomic E-state index is 11.8. The quantitative estimate of drug-likeness (QED) is 0.428. The van der Waals surface area contributed by atoms with Crippen LogP contribution < -0.4 is 22.1 Å². The molecule has 3 amide bonds. The van der Waals surface area contributed by atoms with Gasteiger partial charge in [0.15, 0.2) is 0 Å². The summed E-state index contributed by atoms with van der Waals surface area (Å²) in [5.41, 5.74) is 11.6. The Morgan fingerprint density at radius 3 is 2.33 bits per heavy atom. The molecule has 1 aromatic rings. The molecule has 1 aromatic carbocycles. The van der Waals surface area contributed by atoms with E-state index in [0.717, 1.165) is 5.56 Å². The lowest BCUT2D eigenvalue weighted by atomic mass is 10.1. The fourth-order valence-corrected chi connectivity index (χ4v) is 1.64. The van der Waals surface area contributed by atoms with Gasteiger partial charge in [-0.1, -0.05) is 30.3 Å². The minimum absolute atomic E-state index is 0.237. The van der Waals surface area contributed by atoms with Crippen LogP contribution in [-0.2, 0) is 16.0 Å². The molecule has 0 aliphatic rings. The molecule has 2 atom stereocenters. The second kappa shape index (κ2) is 7.85. The summed E-state index contributed by atoms with van der Waals surface area (Å²) < 4.78 is 0. The van der Waals surface area contributed by atoms with Gasteiger partial charge in [0, 0.05) is 13.0 Å². The number of primary amides is 1. The number of carbonyl (C=O) groups excluding carboxylic acids is 2. The van der Waals surface area contributed by atoms with Crippen molar-refractivity contribution in [2.24, 2.45) is 11.5 Å². The summed E-state index contributed by atoms with van der Waals surface area (Å²) in [5, 5.41) is 12.8. The fourth-order valence-electron chi connectivity index (χ4n) is 1.64. The zero-order chi connectivity index (χ0) is 15.8. The Kier molecular flexibility index (Phi) is 6.15. The van der Waals surface area contributed by atoms with E-state index in [4.69, 9.17) is 16.6 Å². The van der Waals surface area contributed by atoms with Crippen LogP contribution in [0.15, 0.2) is 30.3 Å². The van der Waals surface area contributed by atoms with Gasteiger partial charge in [-0.25, -0.2) is 4.79 Å². The van der Waals surface area contributed by atoms with Crippen LogP contribution in [0.1, 0.15) is 5.56 Å². The molecule has 7 N–H and O–H groups in total. The normalized spacial score (nSPS) is 13.0. The van der Waals surface area contributed by atoms with E-state index in [1.807, 2.05) is 11.4 Å². The minimum atomic E-state index is -1.28. The molecule has 0 saturated heterocycles. The third kappa shape index (κ3) is 5.91. The molecule has 114 valence electrons. The van der Waals surface area contributed by atoms with Gasteiger partial charge in [0.1, 0.15) is 12.1 Å². The predicted octanol–water partition coefficient (Wildman–Crippen LogP) is -1.21. The lowest BCUT2D eigenvalue weighted by Crippen LogP contribution is -2.54. The summed E-state index contributed by atoms with van der Waals surface area (Å²) in [6.07, 6.45) is -1.05. The van der Waals surface area contributed by atoms with Crippen molar-refractivity contribution in [3.05, 3.63) is 35.9 Å². The Bertz CT molecular complexity index is 506. The van der Waals surface area contributed by atoms with E-state index in [2.05, 4.69) is 5.32 Å². The Balaban J connectivity index is 2.60. The number of nitrogens with two attached hydrogens (primary N) is 2. The predicted molar refractivity (Wildman–Crippen MR) is 75.3 cm³/mol. The van der Waals surface area contributed by atoms with Crippen LogP contribution in [0.3, 0.4) is 0 Å². The largest absolute Gasteiger partial charge is 0.465 e. The maximum absolute atomic E-state index is 11.8. The standard InChI is InChI=1S/C13H18N4O4/c14-9(7-16-13(20)21)12(19)17-10(11(15)18)6-8-4-2-1-3-5-8/h1-5,9-10,16H,6-7,14H2,(H2,15,18)(H,17,19)(H,20,21)/t9-,10-/m0/s1. The molecular weight excluding hydrogens is 276 g/mol. The molecule has 0 spiro atoms. The molecular formula is C13H18N4O4. The van der Waals surface area contributed by atoms with Gasteiger partial charge < -0.3 is 27.2 Å². The van der Waals surface area contributed by atoms with Crippen LogP contribution >= 0.6 is 0 Å². The smallest absolute Gasteiger partial charge is 0.404 e. The zero-order valence-electron chi connectivity index (χ0n) is 11.3. The number of nitrogens with one attached hydrogen (secondary N) is 2. The third-order valence-corrected chi connectivity index (χ3v) is 2.75. The highest BCUT2D eigenvalue weighted by molar-refractivity contribution is 5.89. The van der Waals surface area contributed by atoms with Gasteiger partial charge in [-0.3, -0.25) is 9.59 Å². The first kappa shape index (κ1) is 16.4. The number of rotatable bonds is 7. The maximum Gasteiger partial charge on any atom is 0.404 e. The topological polar surface area (TPSA) is 148 Å². The fraction of sp³-hybridized carbons (Fsp3) is 0.308. The highest BCUT2D eigenvalue weighted by Crippen LogP contribution is 2.03. The van der Waals surface area contributed by atoms with E-state index in [1.54, 1.807) is 24.3 Å². The van der Waals surface area contributed by atoms with Crippen molar-refractivity contribution >= 4 is 17.9 Å². The van der Waals surface area contributed by atoms with E-state index in [0.29, 0.717) is 0 Å². The molecule has 0 saturated carbocycles. The Morgan fingerprint density at radius 1 is 1.19 bits per heavy atom. The Morgan fingerprint density at radius 2 is 1.81 bits per heavy atom. The van der Waals surface area contributed by atoms with E-state index in [9.17, 15) is 14.4 Å². The monoisotopic (exact) mass is 294 g/mol. The number of carbonyl (C=O) groups is 3. The molecule has 0 radical (unpaired) electrons. The molecule has 1 rings (SSSR count). The van der Waals surface area contributed by atoms with Crippen molar-refractivity contribution in [1.29, 1.82) is 0 Å². The number of hydrogen-bond donors (Lipinski definition) is 5. The first-order chi connectivity index (χ1) is 9.90. The molecule has 0 aliphatic heterocycles. The summed E-state index contributed by atoms with van der Waals surface area (Å²) in [6, 6.07) is 7.03. The molecule has 0 aliphatic carbocycles. The molecule has 0 bridgehead atoms. The number of carboxylic acid groups (broad SMARTS) is 1. The van der Waals surface area contributed by atoms with E-state index in [-0.39, 0.29) is 13.0 Å². The van der Waals surface area contributed by atoms with Crippen molar-refractivity contribution in [3.8, 4) is 0 Å². The van der Waals surface area contributed by atoms with Gasteiger partial charge in [-0.2, -0.15) is 0 Å². The summed E-state index contributed by atoms with van der Waals surface area (Å²) in [6.45, 7) is -0.252. The summed E-state index contributed by atoms with van der Waals surface area (Å²) in [4.78, 5) is 33.5. The van der Waals surface area contributed by atoms with Crippen LogP contribution in [0.25, 0.3) is 0 Å². The van der Waals surface area contributed by atoms with Gasteiger partial charge in [0.05, 0.1) is 0 Å². The highest BCUT2D eigenvalue weighted by atomic mass is 16.4. The van der Waals surface area contributed by atoms with Gasteiger partial charge >= 0.3 is 6.09 Å². The average Bonchev–Trinajstić information content (AvgIpc) is 2.44. The number of benzene rings is 1. The van der Waals surface area contributed by atoms with Crippen LogP contribution in [0.2, 0.25) is 0 Å². The minimum Gasteiger partial charge on any atom is -0.465 e. The van der Waals surface area contributed by atoms with Crippen molar-refractivity contribution < 1.29 is 19.5 Å². The Labute approximate surface area is 121 Å². The third-order valence-electron chi connectivity index (χ3n) is 2.75. The van der Waals surface area contributed by atoms with Gasteiger partial charge in [-0.05, 0) is 5.56 Å². The van der Waals surface area contributed by atoms with E-state index < -0.39 is 30.0 Å². The molecule has 0 fully saturated rings. The molecule has 0 aromatic heterocycles. The van der Waals surface area contributed by atoms with Gasteiger partial charge in [0.2, 0.25) is 11.8 Å². The molecule has 8 heteroatoms. The lowest BCUT2D eigenvalue weighted by Gasteiger charge is -2.18. The van der Waals surface area contributed by atoms with Gasteiger partial charge in [-0.15, -0.1) is 0 Å². The highest BCUT2D eigenvalue weighted by Gasteiger charge is 2.22. The molecule has 8 nitrogen and oxygen atoms in total. The van der Waals surface area contributed by atoms with Crippen molar-refractivity contribution in [2.45, 2.75) is 18.5 Å². The summed E-state index contributed by atoms with van der Waals surface area (Å²) in [5.74, 6) is -1.34. The van der Waals surface area contributed by atoms with Crippen molar-refractivity contribution in [2.75, 3.05) is 6.54 Å². The molecule has 21 heavy (non-hydrogen) atoms. The van der Waals surface area contributed by atoms with Crippen LogP contribution in [-0.4, -0.2) is 41.6 Å².